The zero-order valence-corrected chi connectivity index (χ0v) is 24.4. The Hall–Kier alpha value is -1.67. The first-order valence-electron chi connectivity index (χ1n) is 14.2. The summed E-state index contributed by atoms with van der Waals surface area (Å²) < 4.78 is 29.7. The Morgan fingerprint density at radius 1 is 1.18 bits per heavy atom. The number of carbonyl (C=O) groups is 3. The van der Waals surface area contributed by atoms with E-state index in [1.165, 1.54) is 0 Å². The molecule has 6 nitrogen and oxygen atoms in total. The molecule has 0 bridgehead atoms. The van der Waals surface area contributed by atoms with Crippen molar-refractivity contribution in [3.63, 3.8) is 0 Å². The minimum atomic E-state index is -1.98. The van der Waals surface area contributed by atoms with E-state index in [1.807, 2.05) is 20.8 Å². The van der Waals surface area contributed by atoms with Crippen LogP contribution in [0.5, 0.6) is 0 Å². The zero-order valence-electron chi connectivity index (χ0n) is 23.6. The summed E-state index contributed by atoms with van der Waals surface area (Å²) in [5.41, 5.74) is -4.03. The van der Waals surface area contributed by atoms with Crippen LogP contribution in [0.3, 0.4) is 0 Å². The number of rotatable bonds is 7. The fraction of sp³-hybridized carbons (Fsp3) is 0.800. The van der Waals surface area contributed by atoms with E-state index in [1.54, 1.807) is 26.8 Å². The average molecular weight is 551 g/mol. The number of ketones is 1. The second-order valence-electron chi connectivity index (χ2n) is 12.5. The Bertz CT molecular complexity index is 1060. The Balaban J connectivity index is 1.80. The first-order valence-corrected chi connectivity index (χ1v) is 14.6. The molecule has 0 aromatic heterocycles. The number of hydrogen-bond acceptors (Lipinski definition) is 7. The fourth-order valence-corrected chi connectivity index (χ4v) is 9.42. The number of fused-ring (bicyclic) bond motifs is 5. The number of halogens is 1. The third-order valence-corrected chi connectivity index (χ3v) is 11.3. The van der Waals surface area contributed by atoms with Crippen LogP contribution in [0.2, 0.25) is 0 Å². The molecule has 0 amide bonds. The second-order valence-corrected chi connectivity index (χ2v) is 13.2. The molecule has 0 spiro atoms. The molecule has 0 aliphatic heterocycles. The Kier molecular flexibility index (Phi) is 7.76. The van der Waals surface area contributed by atoms with E-state index in [-0.39, 0.29) is 61.8 Å². The van der Waals surface area contributed by atoms with Gasteiger partial charge in [-0.1, -0.05) is 52.4 Å². The molecule has 212 valence electrons. The van der Waals surface area contributed by atoms with E-state index < -0.39 is 40.0 Å². The molecule has 3 saturated carbocycles. The van der Waals surface area contributed by atoms with Crippen molar-refractivity contribution >= 4 is 34.8 Å². The molecule has 0 radical (unpaired) electrons. The van der Waals surface area contributed by atoms with E-state index in [9.17, 15) is 19.5 Å². The predicted octanol–water partition coefficient (Wildman–Crippen LogP) is 5.48. The highest BCUT2D eigenvalue weighted by molar-refractivity contribution is 7.80. The van der Waals surface area contributed by atoms with Gasteiger partial charge >= 0.3 is 11.9 Å². The van der Waals surface area contributed by atoms with Crippen molar-refractivity contribution < 1.29 is 33.4 Å². The minimum absolute atomic E-state index is 0.0366. The number of aliphatic hydroxyl groups is 1. The van der Waals surface area contributed by atoms with E-state index in [0.717, 1.165) is 5.57 Å². The Morgan fingerprint density at radius 3 is 2.45 bits per heavy atom. The van der Waals surface area contributed by atoms with E-state index in [4.69, 9.17) is 21.7 Å². The molecule has 0 unspecified atom stereocenters. The highest BCUT2D eigenvalue weighted by Crippen LogP contribution is 2.73. The maximum absolute atomic E-state index is 17.9. The van der Waals surface area contributed by atoms with Crippen molar-refractivity contribution in [3.05, 3.63) is 11.6 Å². The van der Waals surface area contributed by atoms with Crippen LogP contribution in [0.1, 0.15) is 92.9 Å². The number of thiocarbonyl (C=S) groups is 1. The third-order valence-electron chi connectivity index (χ3n) is 11.0. The number of aliphatic hydroxyl groups excluding tert-OH is 1. The summed E-state index contributed by atoms with van der Waals surface area (Å²) in [6.07, 6.45) is 2.97. The van der Waals surface area contributed by atoms with Crippen molar-refractivity contribution in [2.45, 2.75) is 110 Å². The molecular weight excluding hydrogens is 507 g/mol. The summed E-state index contributed by atoms with van der Waals surface area (Å²) in [5.74, 6) is -1.96. The summed E-state index contributed by atoms with van der Waals surface area (Å²) in [7, 11) is 0. The number of allylic oxidation sites excluding steroid dienone is 1. The van der Waals surface area contributed by atoms with Gasteiger partial charge < -0.3 is 14.6 Å². The van der Waals surface area contributed by atoms with Gasteiger partial charge in [-0.25, -0.2) is 4.39 Å². The third kappa shape index (κ3) is 3.94. The van der Waals surface area contributed by atoms with Gasteiger partial charge in [-0.2, -0.15) is 0 Å². The molecule has 0 heterocycles. The summed E-state index contributed by atoms with van der Waals surface area (Å²) >= 11 is 5.57. The number of esters is 2. The van der Waals surface area contributed by atoms with Crippen LogP contribution in [0, 0.1) is 34.5 Å². The first kappa shape index (κ1) is 29.3. The predicted molar refractivity (Wildman–Crippen MR) is 145 cm³/mol. The molecule has 4 aliphatic rings. The smallest absolute Gasteiger partial charge is 0.306 e. The number of alkyl halides is 1. The van der Waals surface area contributed by atoms with Crippen LogP contribution in [-0.2, 0) is 23.9 Å². The topological polar surface area (TPSA) is 89.9 Å². The van der Waals surface area contributed by atoms with Crippen LogP contribution < -0.4 is 0 Å². The molecule has 0 saturated heterocycles. The van der Waals surface area contributed by atoms with Crippen LogP contribution in [0.15, 0.2) is 11.6 Å². The molecule has 8 heteroatoms. The van der Waals surface area contributed by atoms with Crippen LogP contribution in [-0.4, -0.2) is 51.7 Å². The van der Waals surface area contributed by atoms with Gasteiger partial charge in [0.25, 0.3) is 0 Å². The summed E-state index contributed by atoms with van der Waals surface area (Å²) in [5, 5.41) is 11.9. The Labute approximate surface area is 231 Å². The quantitative estimate of drug-likeness (QED) is 0.332. The van der Waals surface area contributed by atoms with Crippen molar-refractivity contribution in [2.75, 3.05) is 6.61 Å². The van der Waals surface area contributed by atoms with Gasteiger partial charge in [-0.05, 0) is 55.4 Å². The fourth-order valence-electron chi connectivity index (χ4n) is 9.11. The van der Waals surface area contributed by atoms with Gasteiger partial charge in [0.15, 0.2) is 5.78 Å². The van der Waals surface area contributed by atoms with Gasteiger partial charge in [0.1, 0.15) is 11.3 Å². The SMILES string of the molecule is CCC(=O)OCC[C@@]1(OC(=O)CC)[C@H](C)C[C@H]2[C@@H]3CCC4=CC(=O)C[C@H](C(C)=S)[C@]4(C)[C@@]3(F)[C@H](O)C[C@@]21C. The molecule has 0 aromatic rings. The van der Waals surface area contributed by atoms with Gasteiger partial charge in [0.2, 0.25) is 0 Å². The highest BCUT2D eigenvalue weighted by atomic mass is 32.1. The lowest BCUT2D eigenvalue weighted by atomic mass is 9.41. The maximum atomic E-state index is 17.9. The standard InChI is InChI=1S/C30H43FO6S/c1-7-25(34)36-12-11-29(37-26(35)8-2)17(3)13-23-21-10-9-19-14-20(32)15-22(18(4)38)28(19,6)30(21,31)24(33)16-27(23,29)5/h14,17,21-24,33H,7-13,15-16H2,1-6H3/t17-,21+,22-,23+,24-,27+,28-,29-,30+/m1/s1. The lowest BCUT2D eigenvalue weighted by molar-refractivity contribution is -0.243. The molecule has 4 rings (SSSR count). The second kappa shape index (κ2) is 10.1. The number of carbonyl (C=O) groups excluding carboxylic acids is 3. The van der Waals surface area contributed by atoms with Gasteiger partial charge in [0, 0.05) is 48.3 Å². The van der Waals surface area contributed by atoms with E-state index >= 15 is 4.39 Å². The van der Waals surface area contributed by atoms with Crippen molar-refractivity contribution in [2.24, 2.45) is 34.5 Å². The monoisotopic (exact) mass is 550 g/mol. The lowest BCUT2D eigenvalue weighted by Crippen LogP contribution is -2.71. The number of hydrogen-bond donors (Lipinski definition) is 1. The molecule has 38 heavy (non-hydrogen) atoms. The van der Waals surface area contributed by atoms with Crippen LogP contribution >= 0.6 is 12.2 Å². The molecule has 3 fully saturated rings. The summed E-state index contributed by atoms with van der Waals surface area (Å²) in [6.45, 7) is 11.2. The molecule has 4 aliphatic carbocycles. The van der Waals surface area contributed by atoms with Gasteiger partial charge in [-0.3, -0.25) is 14.4 Å². The highest BCUT2D eigenvalue weighted by Gasteiger charge is 2.76. The van der Waals surface area contributed by atoms with Crippen LogP contribution in [0.25, 0.3) is 0 Å². The van der Waals surface area contributed by atoms with Crippen LogP contribution in [0.4, 0.5) is 4.39 Å². The maximum Gasteiger partial charge on any atom is 0.306 e. The van der Waals surface area contributed by atoms with Crippen molar-refractivity contribution in [1.82, 2.24) is 0 Å². The molecule has 9 atom stereocenters. The largest absolute Gasteiger partial charge is 0.466 e. The Morgan fingerprint density at radius 2 is 1.84 bits per heavy atom. The lowest BCUT2D eigenvalue weighted by Gasteiger charge is -2.65. The summed E-state index contributed by atoms with van der Waals surface area (Å²) in [4.78, 5) is 37.9. The first-order chi connectivity index (χ1) is 17.7. The zero-order chi connectivity index (χ0) is 28.3. The van der Waals surface area contributed by atoms with Crippen molar-refractivity contribution in [1.29, 1.82) is 0 Å². The molecular formula is C30H43FO6S. The number of ether oxygens (including phenoxy) is 2. The van der Waals surface area contributed by atoms with Gasteiger partial charge in [-0.15, -0.1) is 0 Å². The normalized spacial score (nSPS) is 43.8. The van der Waals surface area contributed by atoms with E-state index in [2.05, 4.69) is 0 Å². The summed E-state index contributed by atoms with van der Waals surface area (Å²) in [6, 6.07) is 0. The van der Waals surface area contributed by atoms with Gasteiger partial charge in [0.05, 0.1) is 12.7 Å². The molecule has 1 N–H and O–H groups in total. The van der Waals surface area contributed by atoms with E-state index in [0.29, 0.717) is 30.5 Å². The molecule has 0 aromatic carbocycles. The van der Waals surface area contributed by atoms with Crippen molar-refractivity contribution in [3.8, 4) is 0 Å². The minimum Gasteiger partial charge on any atom is -0.466 e. The average Bonchev–Trinajstić information content (AvgIpc) is 3.06.